The molecule has 2 fully saturated rings. The lowest BCUT2D eigenvalue weighted by atomic mass is 9.46. The first kappa shape index (κ1) is 14.4. The molecule has 22 heavy (non-hydrogen) atoms. The molecule has 3 nitrogen and oxygen atoms in total. The Kier molecular flexibility index (Phi) is 2.88. The molecular weight excluding hydrogens is 274 g/mol. The molecule has 4 N–H and O–H groups in total. The molecule has 4 aliphatic rings. The predicted molar refractivity (Wildman–Crippen MR) is 86.8 cm³/mol. The van der Waals surface area contributed by atoms with E-state index in [4.69, 9.17) is 5.73 Å². The molecule has 0 bridgehead atoms. The van der Waals surface area contributed by atoms with Gasteiger partial charge in [-0.25, -0.2) is 0 Å². The van der Waals surface area contributed by atoms with Gasteiger partial charge in [-0.15, -0.1) is 0 Å². The van der Waals surface area contributed by atoms with E-state index in [1.807, 2.05) is 12.2 Å². The summed E-state index contributed by atoms with van der Waals surface area (Å²) in [4.78, 5) is 0. The summed E-state index contributed by atoms with van der Waals surface area (Å²) in [5.74, 6) is 1.84. The number of hydrogen-bond acceptors (Lipinski definition) is 3. The van der Waals surface area contributed by atoms with Crippen molar-refractivity contribution in [2.45, 2.75) is 45.6 Å². The maximum absolute atomic E-state index is 10.9. The Labute approximate surface area is 132 Å². The molecule has 3 heteroatoms. The van der Waals surface area contributed by atoms with Crippen molar-refractivity contribution in [3.05, 3.63) is 35.8 Å². The van der Waals surface area contributed by atoms with Gasteiger partial charge in [0, 0.05) is 11.1 Å². The highest BCUT2D eigenvalue weighted by molar-refractivity contribution is 5.30. The van der Waals surface area contributed by atoms with Gasteiger partial charge >= 0.3 is 0 Å². The minimum atomic E-state index is -0.289. The standard InChI is InChI=1S/C19H27NO2/c1-18-7-5-12(21)9-11(18)10-15(22)17-13-3-4-16(20)19(13,2)8-6-14(17)18/h4-5,7,9,11,13-15,17,21-22H,3,6,8,10,20H2,1-2H3/t11-,13-,14-,15-,17-,18-,19-/m0/s1. The molecule has 0 heterocycles. The summed E-state index contributed by atoms with van der Waals surface area (Å²) in [5, 5.41) is 20.7. The first-order valence-electron chi connectivity index (χ1n) is 8.60. The van der Waals surface area contributed by atoms with Gasteiger partial charge in [0.2, 0.25) is 0 Å². The molecule has 4 rings (SSSR count). The van der Waals surface area contributed by atoms with Crippen molar-refractivity contribution in [3.63, 3.8) is 0 Å². The first-order valence-corrected chi connectivity index (χ1v) is 8.60. The Balaban J connectivity index is 1.73. The van der Waals surface area contributed by atoms with E-state index in [1.54, 1.807) is 0 Å². The minimum absolute atomic E-state index is 0.0504. The maximum atomic E-state index is 10.9. The van der Waals surface area contributed by atoms with Crippen LogP contribution in [0.4, 0.5) is 0 Å². The van der Waals surface area contributed by atoms with Crippen molar-refractivity contribution in [3.8, 4) is 0 Å². The summed E-state index contributed by atoms with van der Waals surface area (Å²) in [6, 6.07) is 0. The smallest absolute Gasteiger partial charge is 0.111 e. The van der Waals surface area contributed by atoms with Crippen molar-refractivity contribution < 1.29 is 10.2 Å². The average molecular weight is 301 g/mol. The summed E-state index contributed by atoms with van der Waals surface area (Å²) in [5.41, 5.74) is 7.45. The fourth-order valence-electron chi connectivity index (χ4n) is 6.03. The Hall–Kier alpha value is -1.22. The molecule has 4 aliphatic carbocycles. The van der Waals surface area contributed by atoms with Crippen LogP contribution in [0.1, 0.15) is 39.5 Å². The summed E-state index contributed by atoms with van der Waals surface area (Å²) in [7, 11) is 0. The lowest BCUT2D eigenvalue weighted by Crippen LogP contribution is -2.56. The molecular formula is C19H27NO2. The monoisotopic (exact) mass is 301 g/mol. The Morgan fingerprint density at radius 3 is 2.82 bits per heavy atom. The van der Waals surface area contributed by atoms with E-state index in [9.17, 15) is 10.2 Å². The normalized spacial score (nSPS) is 53.1. The molecule has 0 aromatic heterocycles. The van der Waals surface area contributed by atoms with Crippen LogP contribution in [0.5, 0.6) is 0 Å². The molecule has 7 atom stereocenters. The largest absolute Gasteiger partial charge is 0.508 e. The van der Waals surface area contributed by atoms with Crippen LogP contribution in [0.25, 0.3) is 0 Å². The highest BCUT2D eigenvalue weighted by Crippen LogP contribution is 2.64. The lowest BCUT2D eigenvalue weighted by molar-refractivity contribution is -0.118. The molecule has 2 saturated carbocycles. The third kappa shape index (κ3) is 1.66. The number of nitrogens with two attached hydrogens (primary N) is 1. The number of rotatable bonds is 0. The number of fused-ring (bicyclic) bond motifs is 5. The third-order valence-electron chi connectivity index (χ3n) is 7.50. The number of aliphatic hydroxyl groups is 2. The zero-order valence-corrected chi connectivity index (χ0v) is 13.5. The number of hydrogen-bond donors (Lipinski definition) is 3. The minimum Gasteiger partial charge on any atom is -0.508 e. The van der Waals surface area contributed by atoms with Crippen LogP contribution in [0.2, 0.25) is 0 Å². The predicted octanol–water partition coefficient (Wildman–Crippen LogP) is 3.28. The molecule has 120 valence electrons. The molecule has 0 amide bonds. The van der Waals surface area contributed by atoms with E-state index in [2.05, 4.69) is 26.0 Å². The van der Waals surface area contributed by atoms with Crippen LogP contribution in [0, 0.1) is 34.5 Å². The third-order valence-corrected chi connectivity index (χ3v) is 7.50. The van der Waals surface area contributed by atoms with Crippen LogP contribution in [0.3, 0.4) is 0 Å². The lowest BCUT2D eigenvalue weighted by Gasteiger charge is -2.59. The van der Waals surface area contributed by atoms with Crippen molar-refractivity contribution in [2.24, 2.45) is 40.2 Å². The van der Waals surface area contributed by atoms with Crippen LogP contribution in [-0.2, 0) is 0 Å². The summed E-state index contributed by atoms with van der Waals surface area (Å²) < 4.78 is 0. The number of aliphatic hydroxyl groups excluding tert-OH is 2. The molecule has 0 aliphatic heterocycles. The van der Waals surface area contributed by atoms with Crippen LogP contribution < -0.4 is 5.73 Å². The molecule has 0 radical (unpaired) electrons. The number of allylic oxidation sites excluding steroid dienone is 5. The Morgan fingerprint density at radius 1 is 1.27 bits per heavy atom. The van der Waals surface area contributed by atoms with Gasteiger partial charge in [0.15, 0.2) is 0 Å². The van der Waals surface area contributed by atoms with Crippen molar-refractivity contribution in [1.29, 1.82) is 0 Å². The second-order valence-corrected chi connectivity index (χ2v) is 8.34. The van der Waals surface area contributed by atoms with Gasteiger partial charge in [-0.3, -0.25) is 0 Å². The fourth-order valence-corrected chi connectivity index (χ4v) is 6.03. The molecule has 0 aromatic rings. The maximum Gasteiger partial charge on any atom is 0.111 e. The van der Waals surface area contributed by atoms with Gasteiger partial charge in [-0.2, -0.15) is 0 Å². The van der Waals surface area contributed by atoms with E-state index in [0.29, 0.717) is 23.5 Å². The molecule has 0 spiro atoms. The van der Waals surface area contributed by atoms with Gasteiger partial charge < -0.3 is 15.9 Å². The molecule has 0 unspecified atom stereocenters. The van der Waals surface area contributed by atoms with E-state index < -0.39 is 0 Å². The Morgan fingerprint density at radius 2 is 2.05 bits per heavy atom. The van der Waals surface area contributed by atoms with Crippen LogP contribution in [0.15, 0.2) is 35.8 Å². The first-order chi connectivity index (χ1) is 10.4. The quantitative estimate of drug-likeness (QED) is 0.643. The van der Waals surface area contributed by atoms with Crippen molar-refractivity contribution in [2.75, 3.05) is 0 Å². The highest BCUT2D eigenvalue weighted by atomic mass is 16.3. The SMILES string of the molecule is C[C@]12C=CC(O)=C[C@H]1C[C@H](O)[C@@H]1[C@@H]2CC[C@]2(C)C(N)=CC[C@@H]12. The fraction of sp³-hybridized carbons (Fsp3) is 0.684. The van der Waals surface area contributed by atoms with Crippen molar-refractivity contribution in [1.82, 2.24) is 0 Å². The summed E-state index contributed by atoms with van der Waals surface area (Å²) >= 11 is 0. The van der Waals surface area contributed by atoms with Gasteiger partial charge in [0.1, 0.15) is 5.76 Å². The molecule has 0 aromatic carbocycles. The van der Waals surface area contributed by atoms with Gasteiger partial charge in [0.05, 0.1) is 6.10 Å². The van der Waals surface area contributed by atoms with E-state index >= 15 is 0 Å². The average Bonchev–Trinajstić information content (AvgIpc) is 2.77. The zero-order valence-electron chi connectivity index (χ0n) is 13.5. The zero-order chi connectivity index (χ0) is 15.7. The van der Waals surface area contributed by atoms with Gasteiger partial charge in [-0.05, 0) is 66.9 Å². The van der Waals surface area contributed by atoms with E-state index in [0.717, 1.165) is 31.4 Å². The Bertz CT molecular complexity index is 592. The van der Waals surface area contributed by atoms with Gasteiger partial charge in [0.25, 0.3) is 0 Å². The van der Waals surface area contributed by atoms with Crippen molar-refractivity contribution >= 4 is 0 Å². The summed E-state index contributed by atoms with van der Waals surface area (Å²) in [6.45, 7) is 4.60. The highest BCUT2D eigenvalue weighted by Gasteiger charge is 2.59. The summed E-state index contributed by atoms with van der Waals surface area (Å²) in [6.07, 6.45) is 11.9. The second-order valence-electron chi connectivity index (χ2n) is 8.34. The van der Waals surface area contributed by atoms with Gasteiger partial charge in [-0.1, -0.05) is 26.0 Å². The van der Waals surface area contributed by atoms with Crippen LogP contribution in [-0.4, -0.2) is 16.3 Å². The topological polar surface area (TPSA) is 66.5 Å². The van der Waals surface area contributed by atoms with E-state index in [1.165, 1.54) is 0 Å². The molecule has 0 saturated heterocycles. The second kappa shape index (κ2) is 4.41. The van der Waals surface area contributed by atoms with Crippen LogP contribution >= 0.6 is 0 Å². The van der Waals surface area contributed by atoms with E-state index in [-0.39, 0.29) is 22.9 Å².